The van der Waals surface area contributed by atoms with Crippen LogP contribution in [0.4, 0.5) is 5.69 Å². The molecule has 0 spiro atoms. The van der Waals surface area contributed by atoms with Crippen LogP contribution >= 0.6 is 34.7 Å². The molecule has 5 nitrogen and oxygen atoms in total. The Morgan fingerprint density at radius 2 is 2.07 bits per heavy atom. The van der Waals surface area contributed by atoms with Crippen LogP contribution in [0.25, 0.3) is 11.3 Å². The van der Waals surface area contributed by atoms with Gasteiger partial charge in [0.25, 0.3) is 0 Å². The van der Waals surface area contributed by atoms with Gasteiger partial charge in [-0.25, -0.2) is 0 Å². The molecule has 0 amide bonds. The summed E-state index contributed by atoms with van der Waals surface area (Å²) >= 11 is 13.1. The lowest BCUT2D eigenvalue weighted by Crippen LogP contribution is -2.04. The summed E-state index contributed by atoms with van der Waals surface area (Å²) in [4.78, 5) is 17.0. The summed E-state index contributed by atoms with van der Waals surface area (Å²) in [6.07, 6.45) is 1.58. The van der Waals surface area contributed by atoms with Crippen molar-refractivity contribution >= 4 is 52.4 Å². The third kappa shape index (κ3) is 4.30. The molecule has 0 unspecified atom stereocenters. The molecule has 0 atom stereocenters. The van der Waals surface area contributed by atoms with Crippen LogP contribution in [0.2, 0.25) is 10.0 Å². The van der Waals surface area contributed by atoms with Gasteiger partial charge in [0.1, 0.15) is 22.9 Å². The van der Waals surface area contributed by atoms with E-state index in [0.717, 1.165) is 22.7 Å². The predicted molar refractivity (Wildman–Crippen MR) is 112 cm³/mol. The number of phenolic OH excluding ortho intramolecular Hbond substituents is 1. The number of nitrogens with zero attached hydrogens (tertiary/aromatic N) is 2. The first-order valence-corrected chi connectivity index (χ1v) is 9.43. The minimum absolute atomic E-state index is 0.0554. The summed E-state index contributed by atoms with van der Waals surface area (Å²) in [6.45, 7) is 1.74. The molecule has 0 saturated carbocycles. The van der Waals surface area contributed by atoms with Crippen molar-refractivity contribution in [2.24, 2.45) is 4.99 Å². The number of nitrogen functional groups attached to an aromatic ring is 1. The lowest BCUT2D eigenvalue weighted by atomic mass is 10.1. The number of hydrogen-bond donors (Lipinski definition) is 2. The maximum Gasteiger partial charge on any atom is 0.197 e. The Labute approximate surface area is 170 Å². The van der Waals surface area contributed by atoms with E-state index < -0.39 is 0 Å². The number of Topliss-reactive ketones (excluding diaryl/α,β-unsaturated/α-hetero) is 1. The Kier molecular flexibility index (Phi) is 5.79. The third-order valence-corrected chi connectivity index (χ3v) is 5.32. The van der Waals surface area contributed by atoms with Crippen LogP contribution in [0, 0.1) is 6.92 Å². The van der Waals surface area contributed by atoms with Crippen molar-refractivity contribution in [1.82, 2.24) is 4.37 Å². The van der Waals surface area contributed by atoms with Crippen LogP contribution < -0.4 is 5.73 Å². The van der Waals surface area contributed by atoms with Gasteiger partial charge in [0, 0.05) is 16.8 Å². The molecule has 0 aliphatic carbocycles. The molecule has 0 bridgehead atoms. The van der Waals surface area contributed by atoms with Gasteiger partial charge in [0.2, 0.25) is 0 Å². The van der Waals surface area contributed by atoms with E-state index in [0.29, 0.717) is 26.2 Å². The highest BCUT2D eigenvalue weighted by molar-refractivity contribution is 7.09. The first kappa shape index (κ1) is 19.4. The van der Waals surface area contributed by atoms with E-state index >= 15 is 0 Å². The number of benzene rings is 2. The zero-order valence-electron chi connectivity index (χ0n) is 14.2. The van der Waals surface area contributed by atoms with Crippen molar-refractivity contribution in [2.75, 3.05) is 12.3 Å². The van der Waals surface area contributed by atoms with Crippen LogP contribution in [-0.2, 0) is 0 Å². The highest BCUT2D eigenvalue weighted by Crippen LogP contribution is 2.36. The fraction of sp³-hybridized carbons (Fsp3) is 0.105. The molecule has 2 aromatic carbocycles. The second-order valence-corrected chi connectivity index (χ2v) is 7.45. The van der Waals surface area contributed by atoms with Gasteiger partial charge < -0.3 is 10.8 Å². The topological polar surface area (TPSA) is 88.6 Å². The normalized spacial score (nSPS) is 11.2. The van der Waals surface area contributed by atoms with Crippen molar-refractivity contribution in [3.63, 3.8) is 0 Å². The minimum Gasteiger partial charge on any atom is -0.508 e. The molecular weight excluding hydrogens is 405 g/mol. The molecule has 0 saturated heterocycles. The van der Waals surface area contributed by atoms with E-state index in [9.17, 15) is 9.90 Å². The van der Waals surface area contributed by atoms with Crippen molar-refractivity contribution in [3.8, 4) is 17.0 Å². The highest BCUT2D eigenvalue weighted by Gasteiger charge is 2.19. The summed E-state index contributed by atoms with van der Waals surface area (Å²) in [5.74, 6) is -0.0119. The maximum atomic E-state index is 12.4. The zero-order chi connectivity index (χ0) is 19.6. The number of aromatic nitrogens is 1. The number of aromatic hydroxyl groups is 1. The summed E-state index contributed by atoms with van der Waals surface area (Å²) in [6, 6.07) is 10.1. The number of aryl methyl sites for hydroxylation is 1. The molecule has 3 rings (SSSR count). The second kappa shape index (κ2) is 8.08. The number of phenols is 1. The zero-order valence-corrected chi connectivity index (χ0v) is 16.6. The average Bonchev–Trinajstić information content (AvgIpc) is 2.99. The Morgan fingerprint density at radius 1 is 1.30 bits per heavy atom. The SMILES string of the molecule is Cc1cc(C=NCC(=O)c2snc(-c3ccc(Cl)cc3Cl)c2N)ccc1O. The van der Waals surface area contributed by atoms with E-state index in [1.165, 1.54) is 0 Å². The Bertz CT molecular complexity index is 1050. The number of rotatable bonds is 5. The maximum absolute atomic E-state index is 12.4. The van der Waals surface area contributed by atoms with Crippen molar-refractivity contribution in [3.05, 3.63) is 62.4 Å². The second-order valence-electron chi connectivity index (χ2n) is 5.84. The van der Waals surface area contributed by atoms with Crippen molar-refractivity contribution in [2.45, 2.75) is 6.92 Å². The highest BCUT2D eigenvalue weighted by atomic mass is 35.5. The Hall–Kier alpha value is -2.41. The number of anilines is 1. The smallest absolute Gasteiger partial charge is 0.197 e. The Morgan fingerprint density at radius 3 is 2.78 bits per heavy atom. The summed E-state index contributed by atoms with van der Waals surface area (Å²) < 4.78 is 4.27. The van der Waals surface area contributed by atoms with Crippen LogP contribution in [0.15, 0.2) is 41.4 Å². The fourth-order valence-corrected chi connectivity index (χ4v) is 3.68. The molecule has 1 aromatic heterocycles. The molecule has 1 heterocycles. The standard InChI is InChI=1S/C19H15Cl2N3O2S/c1-10-6-11(2-5-15(10)25)8-23-9-16(26)19-17(22)18(24-27-19)13-4-3-12(20)7-14(13)21/h2-8,25H,9,22H2,1H3. The van der Waals surface area contributed by atoms with Gasteiger partial charge in [0.05, 0.1) is 10.7 Å². The molecule has 0 aliphatic rings. The van der Waals surface area contributed by atoms with Crippen molar-refractivity contribution < 1.29 is 9.90 Å². The first-order valence-electron chi connectivity index (χ1n) is 7.90. The lowest BCUT2D eigenvalue weighted by molar-refractivity contribution is 0.101. The molecule has 0 fully saturated rings. The number of halogens is 2. The van der Waals surface area contributed by atoms with E-state index in [1.807, 2.05) is 0 Å². The number of ketones is 1. The number of carbonyl (C=O) groups is 1. The number of hydrogen-bond acceptors (Lipinski definition) is 6. The van der Waals surface area contributed by atoms with Crippen LogP contribution in [0.5, 0.6) is 5.75 Å². The predicted octanol–water partition coefficient (Wildman–Crippen LogP) is 5.01. The fourth-order valence-electron chi connectivity index (χ4n) is 2.44. The number of carbonyl (C=O) groups excluding carboxylic acids is 1. The molecular formula is C19H15Cl2N3O2S. The van der Waals surface area contributed by atoms with E-state index in [2.05, 4.69) is 9.37 Å². The van der Waals surface area contributed by atoms with Gasteiger partial charge in [-0.1, -0.05) is 23.2 Å². The largest absolute Gasteiger partial charge is 0.508 e. The van der Waals surface area contributed by atoms with Gasteiger partial charge in [-0.15, -0.1) is 0 Å². The third-order valence-electron chi connectivity index (χ3n) is 3.86. The average molecular weight is 420 g/mol. The van der Waals surface area contributed by atoms with Gasteiger partial charge in [-0.2, -0.15) is 4.37 Å². The van der Waals surface area contributed by atoms with E-state index in [1.54, 1.807) is 49.5 Å². The molecule has 138 valence electrons. The summed E-state index contributed by atoms with van der Waals surface area (Å²) in [5.41, 5.74) is 9.02. The quantitative estimate of drug-likeness (QED) is 0.448. The molecule has 3 N–H and O–H groups in total. The molecule has 27 heavy (non-hydrogen) atoms. The molecule has 0 radical (unpaired) electrons. The van der Waals surface area contributed by atoms with Crippen LogP contribution in [-0.4, -0.2) is 28.0 Å². The van der Waals surface area contributed by atoms with Gasteiger partial charge in [0.15, 0.2) is 5.78 Å². The van der Waals surface area contributed by atoms with Crippen molar-refractivity contribution in [1.29, 1.82) is 0 Å². The van der Waals surface area contributed by atoms with E-state index in [-0.39, 0.29) is 23.8 Å². The van der Waals surface area contributed by atoms with E-state index in [4.69, 9.17) is 28.9 Å². The number of aliphatic imine (C=N–C) groups is 1. The first-order chi connectivity index (χ1) is 12.9. The summed E-state index contributed by atoms with van der Waals surface area (Å²) in [7, 11) is 0. The van der Waals surface area contributed by atoms with Gasteiger partial charge >= 0.3 is 0 Å². The number of nitrogens with two attached hydrogens (primary N) is 1. The van der Waals surface area contributed by atoms with Gasteiger partial charge in [-0.3, -0.25) is 9.79 Å². The monoisotopic (exact) mass is 419 g/mol. The van der Waals surface area contributed by atoms with Crippen LogP contribution in [0.3, 0.4) is 0 Å². The molecule has 0 aliphatic heterocycles. The Balaban J connectivity index is 1.77. The summed E-state index contributed by atoms with van der Waals surface area (Å²) in [5, 5.41) is 10.5. The van der Waals surface area contributed by atoms with Gasteiger partial charge in [-0.05, 0) is 66.0 Å². The molecule has 3 aromatic rings. The minimum atomic E-state index is -0.229. The van der Waals surface area contributed by atoms with Crippen LogP contribution in [0.1, 0.15) is 20.8 Å². The lowest BCUT2D eigenvalue weighted by Gasteiger charge is -2.03. The molecule has 8 heteroatoms.